The second kappa shape index (κ2) is 9.42. The fraction of sp³-hybridized carbons (Fsp3) is 0.682. The summed E-state index contributed by atoms with van der Waals surface area (Å²) < 4.78 is 71.3. The lowest BCUT2D eigenvalue weighted by atomic mass is 9.94. The number of carbonyl (C=O) groups is 1. The second-order valence-electron chi connectivity index (χ2n) is 9.30. The van der Waals surface area contributed by atoms with E-state index in [9.17, 15) is 26.4 Å². The highest BCUT2D eigenvalue weighted by molar-refractivity contribution is 7.92. The van der Waals surface area contributed by atoms with Crippen molar-refractivity contribution in [2.24, 2.45) is 5.92 Å². The molecule has 0 bridgehead atoms. The SMILES string of the molecule is CS(=O)(=O)Nc1cc(C(F)(F)F)cc2c1CCN(C(=O)C1CCC(NC3CCOCC3)C1)C2. The van der Waals surface area contributed by atoms with Gasteiger partial charge in [-0.25, -0.2) is 8.42 Å². The fourth-order valence-corrected chi connectivity index (χ4v) is 5.74. The van der Waals surface area contributed by atoms with E-state index in [1.54, 1.807) is 4.90 Å². The number of rotatable bonds is 5. The lowest BCUT2D eigenvalue weighted by Crippen LogP contribution is -2.42. The van der Waals surface area contributed by atoms with Gasteiger partial charge in [-0.3, -0.25) is 9.52 Å². The lowest BCUT2D eigenvalue weighted by Gasteiger charge is -2.33. The maximum atomic E-state index is 13.4. The van der Waals surface area contributed by atoms with Crippen LogP contribution in [-0.2, 0) is 38.7 Å². The molecule has 2 heterocycles. The van der Waals surface area contributed by atoms with Gasteiger partial charge in [-0.15, -0.1) is 0 Å². The molecule has 0 aromatic heterocycles. The summed E-state index contributed by atoms with van der Waals surface area (Å²) >= 11 is 0. The van der Waals surface area contributed by atoms with Crippen LogP contribution in [0.4, 0.5) is 18.9 Å². The molecule has 11 heteroatoms. The Balaban J connectivity index is 1.46. The topological polar surface area (TPSA) is 87.7 Å². The molecule has 1 amide bonds. The van der Waals surface area contributed by atoms with Crippen molar-refractivity contribution in [1.82, 2.24) is 10.2 Å². The fourth-order valence-electron chi connectivity index (χ4n) is 5.16. The maximum Gasteiger partial charge on any atom is 0.416 e. The summed E-state index contributed by atoms with van der Waals surface area (Å²) in [6.45, 7) is 1.89. The van der Waals surface area contributed by atoms with Crippen LogP contribution in [-0.4, -0.2) is 57.3 Å². The van der Waals surface area contributed by atoms with Crippen LogP contribution in [0.25, 0.3) is 0 Å². The third-order valence-electron chi connectivity index (χ3n) is 6.74. The molecular weight excluding hydrogens is 459 g/mol. The number of hydrogen-bond acceptors (Lipinski definition) is 5. The zero-order chi connectivity index (χ0) is 23.8. The maximum absolute atomic E-state index is 13.4. The second-order valence-corrected chi connectivity index (χ2v) is 11.1. The van der Waals surface area contributed by atoms with Crippen LogP contribution < -0.4 is 10.0 Å². The molecule has 184 valence electrons. The van der Waals surface area contributed by atoms with E-state index >= 15 is 0 Å². The van der Waals surface area contributed by atoms with E-state index in [0.717, 1.165) is 63.7 Å². The van der Waals surface area contributed by atoms with Gasteiger partial charge in [-0.2, -0.15) is 13.2 Å². The van der Waals surface area contributed by atoms with Crippen LogP contribution in [0.1, 0.15) is 48.8 Å². The molecule has 2 unspecified atom stereocenters. The average molecular weight is 490 g/mol. The Morgan fingerprint density at radius 1 is 1.12 bits per heavy atom. The van der Waals surface area contributed by atoms with Gasteiger partial charge >= 0.3 is 6.18 Å². The molecule has 3 aliphatic rings. The number of halogens is 3. The largest absolute Gasteiger partial charge is 0.416 e. The number of nitrogens with zero attached hydrogens (tertiary/aromatic N) is 1. The molecule has 7 nitrogen and oxygen atoms in total. The molecule has 0 radical (unpaired) electrons. The van der Waals surface area contributed by atoms with Crippen LogP contribution in [0.2, 0.25) is 0 Å². The summed E-state index contributed by atoms with van der Waals surface area (Å²) in [6.07, 6.45) is 0.891. The molecule has 1 aromatic rings. The molecule has 2 fully saturated rings. The van der Waals surface area contributed by atoms with Crippen molar-refractivity contribution in [2.45, 2.75) is 63.3 Å². The number of anilines is 1. The van der Waals surface area contributed by atoms with E-state index in [1.807, 2.05) is 0 Å². The van der Waals surface area contributed by atoms with Crippen molar-refractivity contribution in [1.29, 1.82) is 0 Å². The third kappa shape index (κ3) is 5.99. The molecule has 0 spiro atoms. The summed E-state index contributed by atoms with van der Waals surface area (Å²) in [5.41, 5.74) is -0.132. The van der Waals surface area contributed by atoms with Crippen LogP contribution in [0.5, 0.6) is 0 Å². The van der Waals surface area contributed by atoms with E-state index in [0.29, 0.717) is 30.1 Å². The van der Waals surface area contributed by atoms with Crippen molar-refractivity contribution >= 4 is 21.6 Å². The monoisotopic (exact) mass is 489 g/mol. The first-order valence-corrected chi connectivity index (χ1v) is 13.2. The Hall–Kier alpha value is -1.85. The summed E-state index contributed by atoms with van der Waals surface area (Å²) in [4.78, 5) is 14.8. The lowest BCUT2D eigenvalue weighted by molar-refractivity contribution is -0.137. The number of alkyl halides is 3. The predicted molar refractivity (Wildman–Crippen MR) is 117 cm³/mol. The Bertz CT molecular complexity index is 993. The van der Waals surface area contributed by atoms with Gasteiger partial charge < -0.3 is 15.0 Å². The molecule has 4 rings (SSSR count). The minimum absolute atomic E-state index is 0.0352. The van der Waals surface area contributed by atoms with Gasteiger partial charge in [0.15, 0.2) is 0 Å². The minimum Gasteiger partial charge on any atom is -0.381 e. The highest BCUT2D eigenvalue weighted by Gasteiger charge is 2.37. The van der Waals surface area contributed by atoms with Gasteiger partial charge in [-0.1, -0.05) is 0 Å². The number of carbonyl (C=O) groups excluding carboxylic acids is 1. The quantitative estimate of drug-likeness (QED) is 0.664. The molecule has 1 aromatic carbocycles. The molecule has 1 saturated carbocycles. The van der Waals surface area contributed by atoms with E-state index < -0.39 is 21.8 Å². The number of sulfonamides is 1. The Morgan fingerprint density at radius 3 is 2.52 bits per heavy atom. The summed E-state index contributed by atoms with van der Waals surface area (Å²) in [6, 6.07) is 2.54. The van der Waals surface area contributed by atoms with Gasteiger partial charge in [0.05, 0.1) is 17.5 Å². The van der Waals surface area contributed by atoms with Crippen molar-refractivity contribution < 1.29 is 31.1 Å². The highest BCUT2D eigenvalue weighted by atomic mass is 32.2. The first kappa shape index (κ1) is 24.3. The van der Waals surface area contributed by atoms with E-state index in [-0.39, 0.29) is 30.1 Å². The molecule has 2 atom stereocenters. The first-order chi connectivity index (χ1) is 15.5. The zero-order valence-corrected chi connectivity index (χ0v) is 19.4. The predicted octanol–water partition coefficient (Wildman–Crippen LogP) is 2.90. The normalized spacial score (nSPS) is 24.5. The molecule has 1 saturated heterocycles. The number of benzene rings is 1. The summed E-state index contributed by atoms with van der Waals surface area (Å²) in [5.74, 6) is -0.185. The number of ether oxygens (including phenoxy) is 1. The number of fused-ring (bicyclic) bond motifs is 1. The Kier molecular flexibility index (Phi) is 6.93. The van der Waals surface area contributed by atoms with Crippen LogP contribution in [0.3, 0.4) is 0 Å². The van der Waals surface area contributed by atoms with Crippen LogP contribution >= 0.6 is 0 Å². The van der Waals surface area contributed by atoms with Crippen molar-refractivity contribution in [2.75, 3.05) is 30.7 Å². The van der Waals surface area contributed by atoms with Crippen LogP contribution in [0, 0.1) is 5.92 Å². The third-order valence-corrected chi connectivity index (χ3v) is 7.33. The van der Waals surface area contributed by atoms with Gasteiger partial charge in [-0.05, 0) is 61.8 Å². The average Bonchev–Trinajstić information content (AvgIpc) is 3.20. The number of nitrogens with one attached hydrogen (secondary N) is 2. The van der Waals surface area contributed by atoms with Gasteiger partial charge in [0, 0.05) is 44.3 Å². The molecule has 2 aliphatic heterocycles. The molecule has 2 N–H and O–H groups in total. The highest BCUT2D eigenvalue weighted by Crippen LogP contribution is 2.37. The van der Waals surface area contributed by atoms with Crippen molar-refractivity contribution in [3.63, 3.8) is 0 Å². The van der Waals surface area contributed by atoms with Crippen molar-refractivity contribution in [3.05, 3.63) is 28.8 Å². The zero-order valence-electron chi connectivity index (χ0n) is 18.6. The first-order valence-electron chi connectivity index (χ1n) is 11.3. The van der Waals surface area contributed by atoms with Gasteiger partial charge in [0.25, 0.3) is 0 Å². The smallest absolute Gasteiger partial charge is 0.381 e. The molecule has 1 aliphatic carbocycles. The van der Waals surface area contributed by atoms with Gasteiger partial charge in [0.2, 0.25) is 15.9 Å². The molecule has 33 heavy (non-hydrogen) atoms. The van der Waals surface area contributed by atoms with Crippen LogP contribution in [0.15, 0.2) is 12.1 Å². The Morgan fingerprint density at radius 2 is 1.85 bits per heavy atom. The van der Waals surface area contributed by atoms with E-state index in [4.69, 9.17) is 4.74 Å². The molecular formula is C22H30F3N3O4S. The Labute approximate surface area is 192 Å². The number of amides is 1. The number of hydrogen-bond donors (Lipinski definition) is 2. The van der Waals surface area contributed by atoms with E-state index in [2.05, 4.69) is 10.0 Å². The summed E-state index contributed by atoms with van der Waals surface area (Å²) in [5, 5.41) is 3.63. The standard InChI is InChI=1S/C22H30F3N3O4S/c1-33(30,31)27-20-12-16(22(23,24)25)10-15-13-28(7-4-19(15)20)21(29)14-2-3-18(11-14)26-17-5-8-32-9-6-17/h10,12,14,17-18,26-27H,2-9,11,13H2,1H3. The summed E-state index contributed by atoms with van der Waals surface area (Å²) in [7, 11) is -3.75. The van der Waals surface area contributed by atoms with Crippen molar-refractivity contribution in [3.8, 4) is 0 Å². The van der Waals surface area contributed by atoms with Gasteiger partial charge in [0.1, 0.15) is 0 Å². The van der Waals surface area contributed by atoms with E-state index in [1.165, 1.54) is 0 Å². The minimum atomic E-state index is -4.62.